The van der Waals surface area contributed by atoms with Gasteiger partial charge in [0.05, 0.1) is 11.0 Å². The Morgan fingerprint density at radius 3 is 2.53 bits per heavy atom. The molecule has 1 aromatic carbocycles. The summed E-state index contributed by atoms with van der Waals surface area (Å²) in [5.41, 5.74) is -0.0436. The van der Waals surface area contributed by atoms with Gasteiger partial charge in [-0.05, 0) is 31.9 Å². The van der Waals surface area contributed by atoms with E-state index in [4.69, 9.17) is 0 Å². The second-order valence-electron chi connectivity index (χ2n) is 4.90. The molecule has 1 N–H and O–H groups in total. The molecule has 1 aliphatic rings. The zero-order valence-corrected chi connectivity index (χ0v) is 11.5. The highest BCUT2D eigenvalue weighted by Crippen LogP contribution is 2.23. The van der Waals surface area contributed by atoms with Crippen molar-refractivity contribution in [2.24, 2.45) is 0 Å². The van der Waals surface area contributed by atoms with E-state index in [1.54, 1.807) is 6.92 Å². The van der Waals surface area contributed by atoms with Crippen LogP contribution in [-0.4, -0.2) is 26.0 Å². The molecular weight excluding hydrogens is 272 g/mol. The van der Waals surface area contributed by atoms with Crippen LogP contribution in [0.5, 0.6) is 0 Å². The molecule has 1 aromatic rings. The summed E-state index contributed by atoms with van der Waals surface area (Å²) in [6, 6.07) is 3.14. The van der Waals surface area contributed by atoms with Crippen molar-refractivity contribution in [3.63, 3.8) is 0 Å². The van der Waals surface area contributed by atoms with Crippen LogP contribution in [0.4, 0.5) is 8.78 Å². The topological polar surface area (TPSA) is 46.2 Å². The highest BCUT2D eigenvalue weighted by Gasteiger charge is 2.31. The van der Waals surface area contributed by atoms with Gasteiger partial charge in [-0.1, -0.05) is 6.07 Å². The van der Waals surface area contributed by atoms with Crippen LogP contribution >= 0.6 is 0 Å². The van der Waals surface area contributed by atoms with Gasteiger partial charge in [-0.3, -0.25) is 0 Å². The Labute approximate surface area is 111 Å². The first-order valence-corrected chi connectivity index (χ1v) is 8.02. The minimum atomic E-state index is -3.04. The molecule has 0 bridgehead atoms. The summed E-state index contributed by atoms with van der Waals surface area (Å²) in [5, 5.41) is 2.48. The highest BCUT2D eigenvalue weighted by atomic mass is 32.2. The second-order valence-corrected chi connectivity index (χ2v) is 7.30. The Hall–Kier alpha value is -1.01. The van der Waals surface area contributed by atoms with E-state index < -0.39 is 32.8 Å². The van der Waals surface area contributed by atoms with E-state index in [9.17, 15) is 17.2 Å². The van der Waals surface area contributed by atoms with Crippen molar-refractivity contribution in [3.05, 3.63) is 35.4 Å². The lowest BCUT2D eigenvalue weighted by Crippen LogP contribution is -2.32. The first kappa shape index (κ1) is 14.4. The molecule has 2 atom stereocenters. The maximum Gasteiger partial charge on any atom is 0.154 e. The van der Waals surface area contributed by atoms with Crippen molar-refractivity contribution in [2.75, 3.05) is 12.3 Å². The molecule has 1 saturated heterocycles. The maximum atomic E-state index is 13.6. The van der Waals surface area contributed by atoms with E-state index in [1.165, 1.54) is 18.2 Å². The molecule has 1 heterocycles. The molecule has 106 valence electrons. The summed E-state index contributed by atoms with van der Waals surface area (Å²) >= 11 is 0. The summed E-state index contributed by atoms with van der Waals surface area (Å²) in [4.78, 5) is 0. The minimum absolute atomic E-state index is 0.0436. The second kappa shape index (κ2) is 5.54. The zero-order chi connectivity index (χ0) is 14.0. The van der Waals surface area contributed by atoms with Crippen LogP contribution in [0.2, 0.25) is 0 Å². The van der Waals surface area contributed by atoms with E-state index in [0.29, 0.717) is 12.8 Å². The average molecular weight is 289 g/mol. The molecule has 19 heavy (non-hydrogen) atoms. The fourth-order valence-electron chi connectivity index (χ4n) is 2.42. The van der Waals surface area contributed by atoms with Crippen LogP contribution in [0.15, 0.2) is 18.2 Å². The maximum absolute atomic E-state index is 13.6. The number of hydrogen-bond donors (Lipinski definition) is 1. The van der Waals surface area contributed by atoms with E-state index in [1.807, 2.05) is 0 Å². The molecule has 1 aliphatic heterocycles. The van der Waals surface area contributed by atoms with E-state index in [0.717, 1.165) is 0 Å². The predicted octanol–water partition coefficient (Wildman–Crippen LogP) is 2.19. The average Bonchev–Trinajstić information content (AvgIpc) is 2.65. The van der Waals surface area contributed by atoms with Crippen LogP contribution in [0.1, 0.15) is 31.4 Å². The fourth-order valence-corrected chi connectivity index (χ4v) is 4.20. The molecule has 0 aliphatic carbocycles. The zero-order valence-electron chi connectivity index (χ0n) is 10.7. The lowest BCUT2D eigenvalue weighted by molar-refractivity contribution is 0.481. The molecule has 3 nitrogen and oxygen atoms in total. The van der Waals surface area contributed by atoms with Gasteiger partial charge in [0.15, 0.2) is 9.84 Å². The number of nitrogens with one attached hydrogen (secondary N) is 1. The normalized spacial score (nSPS) is 23.4. The molecule has 0 spiro atoms. The van der Waals surface area contributed by atoms with E-state index >= 15 is 0 Å². The molecule has 2 rings (SSSR count). The van der Waals surface area contributed by atoms with Gasteiger partial charge in [-0.25, -0.2) is 17.2 Å². The number of halogens is 2. The lowest BCUT2D eigenvalue weighted by atomic mass is 10.1. The number of hydrogen-bond acceptors (Lipinski definition) is 3. The van der Waals surface area contributed by atoms with Crippen LogP contribution < -0.4 is 5.32 Å². The van der Waals surface area contributed by atoms with Crippen molar-refractivity contribution in [2.45, 2.75) is 31.1 Å². The highest BCUT2D eigenvalue weighted by molar-refractivity contribution is 7.92. The lowest BCUT2D eigenvalue weighted by Gasteiger charge is -2.18. The summed E-state index contributed by atoms with van der Waals surface area (Å²) in [6.45, 7) is 1.86. The van der Waals surface area contributed by atoms with E-state index in [2.05, 4.69) is 5.32 Å². The molecule has 6 heteroatoms. The first-order chi connectivity index (χ1) is 8.92. The Balaban J connectivity index is 2.04. The van der Waals surface area contributed by atoms with Crippen molar-refractivity contribution in [3.8, 4) is 0 Å². The van der Waals surface area contributed by atoms with Gasteiger partial charge in [-0.2, -0.15) is 0 Å². The summed E-state index contributed by atoms with van der Waals surface area (Å²) < 4.78 is 50.4. The molecule has 1 fully saturated rings. The van der Waals surface area contributed by atoms with Crippen LogP contribution in [-0.2, 0) is 9.84 Å². The van der Waals surface area contributed by atoms with Gasteiger partial charge in [-0.15, -0.1) is 0 Å². The van der Waals surface area contributed by atoms with Gasteiger partial charge < -0.3 is 5.32 Å². The number of sulfone groups is 1. The van der Waals surface area contributed by atoms with E-state index in [-0.39, 0.29) is 17.9 Å². The predicted molar refractivity (Wildman–Crippen MR) is 69.6 cm³/mol. The number of benzene rings is 1. The minimum Gasteiger partial charge on any atom is -0.309 e. The smallest absolute Gasteiger partial charge is 0.154 e. The van der Waals surface area contributed by atoms with Gasteiger partial charge in [0.25, 0.3) is 0 Å². The Morgan fingerprint density at radius 1 is 1.37 bits per heavy atom. The molecule has 0 radical (unpaired) electrons. The molecular formula is C13H17F2NO2S. The Morgan fingerprint density at radius 2 is 2.00 bits per heavy atom. The first-order valence-electron chi connectivity index (χ1n) is 6.30. The van der Waals surface area contributed by atoms with Gasteiger partial charge >= 0.3 is 0 Å². The molecule has 2 unspecified atom stereocenters. The Bertz CT molecular complexity index is 540. The quantitative estimate of drug-likeness (QED) is 0.924. The third kappa shape index (κ3) is 3.12. The van der Waals surface area contributed by atoms with Crippen molar-refractivity contribution in [1.82, 2.24) is 5.32 Å². The Kier molecular flexibility index (Phi) is 4.20. The van der Waals surface area contributed by atoms with Crippen LogP contribution in [0.25, 0.3) is 0 Å². The van der Waals surface area contributed by atoms with Crippen LogP contribution in [0.3, 0.4) is 0 Å². The fraction of sp³-hybridized carbons (Fsp3) is 0.538. The number of rotatable bonds is 4. The third-order valence-corrected chi connectivity index (χ3v) is 5.82. The summed E-state index contributed by atoms with van der Waals surface area (Å²) in [6.07, 6.45) is 1.28. The summed E-state index contributed by atoms with van der Waals surface area (Å²) in [5.74, 6) is -1.02. The van der Waals surface area contributed by atoms with Crippen molar-refractivity contribution < 1.29 is 17.2 Å². The van der Waals surface area contributed by atoms with Crippen molar-refractivity contribution in [1.29, 1.82) is 0 Å². The monoisotopic (exact) mass is 289 g/mol. The largest absolute Gasteiger partial charge is 0.309 e. The van der Waals surface area contributed by atoms with Gasteiger partial charge in [0.1, 0.15) is 11.6 Å². The molecule has 0 aromatic heterocycles. The summed E-state index contributed by atoms with van der Waals surface area (Å²) in [7, 11) is -3.04. The van der Waals surface area contributed by atoms with Crippen molar-refractivity contribution >= 4 is 9.84 Å². The van der Waals surface area contributed by atoms with Crippen LogP contribution in [0, 0.1) is 11.6 Å². The van der Waals surface area contributed by atoms with Gasteiger partial charge in [0, 0.05) is 18.2 Å². The third-order valence-electron chi connectivity index (χ3n) is 3.55. The molecule has 0 amide bonds. The SMILES string of the molecule is CC(NCC1CCCS1(=O)=O)c1c(F)cccc1F. The van der Waals surface area contributed by atoms with Gasteiger partial charge in [0.2, 0.25) is 0 Å². The standard InChI is InChI=1S/C13H17F2NO2S/c1-9(13-11(14)5-2-6-12(13)15)16-8-10-4-3-7-19(10,17)18/h2,5-6,9-10,16H,3-4,7-8H2,1H3. The molecule has 0 saturated carbocycles.